The Hall–Kier alpha value is -0.850. The van der Waals surface area contributed by atoms with Crippen molar-refractivity contribution in [3.8, 4) is 0 Å². The van der Waals surface area contributed by atoms with Gasteiger partial charge in [0.15, 0.2) is 6.29 Å². The number of carboxylic acid groups (broad SMARTS) is 1. The number of ether oxygens (including phenoxy) is 2. The largest absolute Gasteiger partial charge is 0.481 e. The van der Waals surface area contributed by atoms with E-state index in [2.05, 4.69) is 0 Å². The van der Waals surface area contributed by atoms with Crippen LogP contribution in [0.5, 0.6) is 0 Å². The van der Waals surface area contributed by atoms with Gasteiger partial charge in [-0.05, 0) is 72.8 Å². The van der Waals surface area contributed by atoms with E-state index in [0.29, 0.717) is 25.8 Å². The van der Waals surface area contributed by atoms with E-state index in [9.17, 15) is 30.3 Å². The average Bonchev–Trinajstić information content (AvgIpc) is 2.78. The monoisotopic (exact) mass is 548 g/mol. The standard InChI is InChI=1S/C28H56N2O8/c1-10-11-28(8,36)25(32)19(5)30(9)15-16(2)13-27(7,35)14-17(3)24(18(4)26(33)34)38-22-12-21(29)23(31)20(6)37-22/h16-25,31-32,35-36H,10-15,29H2,1-9H3,(H,33,34)/t16-,17-,18-,19-,20?,21?,22+,23-,24?,25-,27?,28?/m1/s1. The molecule has 5 unspecified atom stereocenters. The Bertz CT molecular complexity index is 709. The van der Waals surface area contributed by atoms with Crippen LogP contribution in [-0.4, -0.2) is 104 Å². The van der Waals surface area contributed by atoms with Crippen LogP contribution >= 0.6 is 0 Å². The summed E-state index contributed by atoms with van der Waals surface area (Å²) in [5.41, 5.74) is 3.75. The van der Waals surface area contributed by atoms with Crippen molar-refractivity contribution in [3.05, 3.63) is 0 Å². The molecule has 38 heavy (non-hydrogen) atoms. The third-order valence-corrected chi connectivity index (χ3v) is 8.20. The molecule has 0 aromatic heterocycles. The van der Waals surface area contributed by atoms with Crippen molar-refractivity contribution in [1.82, 2.24) is 4.90 Å². The zero-order valence-electron chi connectivity index (χ0n) is 25.0. The molecule has 1 heterocycles. The zero-order chi connectivity index (χ0) is 29.6. The highest BCUT2D eigenvalue weighted by Gasteiger charge is 2.40. The summed E-state index contributed by atoms with van der Waals surface area (Å²) in [4.78, 5) is 13.9. The van der Waals surface area contributed by atoms with E-state index in [1.165, 1.54) is 0 Å². The Labute approximate surface area is 229 Å². The number of rotatable bonds is 16. The highest BCUT2D eigenvalue weighted by atomic mass is 16.7. The van der Waals surface area contributed by atoms with Gasteiger partial charge in [-0.1, -0.05) is 27.2 Å². The van der Waals surface area contributed by atoms with Crippen molar-refractivity contribution in [2.24, 2.45) is 23.5 Å². The van der Waals surface area contributed by atoms with E-state index >= 15 is 0 Å². The fourth-order valence-electron chi connectivity index (χ4n) is 6.01. The van der Waals surface area contributed by atoms with Gasteiger partial charge in [-0.3, -0.25) is 4.79 Å². The number of aliphatic carboxylic acids is 1. The number of carbonyl (C=O) groups is 1. The minimum Gasteiger partial charge on any atom is -0.481 e. The molecule has 1 fully saturated rings. The lowest BCUT2D eigenvalue weighted by molar-refractivity contribution is -0.253. The van der Waals surface area contributed by atoms with Gasteiger partial charge in [-0.2, -0.15) is 0 Å². The number of nitrogens with two attached hydrogens (primary N) is 1. The van der Waals surface area contributed by atoms with Crippen LogP contribution in [0.15, 0.2) is 0 Å². The molecular weight excluding hydrogens is 492 g/mol. The van der Waals surface area contributed by atoms with E-state index in [0.717, 1.165) is 6.42 Å². The number of hydrogen-bond acceptors (Lipinski definition) is 9. The van der Waals surface area contributed by atoms with Crippen LogP contribution in [-0.2, 0) is 14.3 Å². The van der Waals surface area contributed by atoms with Gasteiger partial charge in [0.05, 0.1) is 41.5 Å². The van der Waals surface area contributed by atoms with Gasteiger partial charge in [0.1, 0.15) is 0 Å². The molecule has 1 aliphatic heterocycles. The number of aliphatic hydroxyl groups excluding tert-OH is 2. The number of carboxylic acids is 1. The Kier molecular flexibility index (Phi) is 13.6. The molecule has 12 atom stereocenters. The molecule has 0 spiro atoms. The van der Waals surface area contributed by atoms with Gasteiger partial charge in [-0.15, -0.1) is 0 Å². The summed E-state index contributed by atoms with van der Waals surface area (Å²) in [6.07, 6.45) is -1.45. The first-order valence-electron chi connectivity index (χ1n) is 14.1. The highest BCUT2D eigenvalue weighted by molar-refractivity contribution is 5.70. The summed E-state index contributed by atoms with van der Waals surface area (Å²) < 4.78 is 11.9. The van der Waals surface area contributed by atoms with Crippen LogP contribution in [0.4, 0.5) is 0 Å². The maximum Gasteiger partial charge on any atom is 0.308 e. The maximum absolute atomic E-state index is 11.9. The van der Waals surface area contributed by atoms with Gasteiger partial charge in [0.2, 0.25) is 0 Å². The number of hydrogen-bond donors (Lipinski definition) is 6. The Morgan fingerprint density at radius 2 is 1.76 bits per heavy atom. The SMILES string of the molecule is CCCC(C)(O)[C@H](O)[C@@H](C)N(C)C[C@H](C)CC(C)(O)C[C@@H](C)C(O[C@H]1CC(N)[C@H](O)C(C)O1)[C@@H](C)C(=O)O. The number of aliphatic hydroxyl groups is 4. The van der Waals surface area contributed by atoms with Gasteiger partial charge < -0.3 is 45.6 Å². The first kappa shape index (κ1) is 35.2. The molecule has 10 nitrogen and oxygen atoms in total. The van der Waals surface area contributed by atoms with Crippen LogP contribution in [0.1, 0.15) is 87.5 Å². The fourth-order valence-corrected chi connectivity index (χ4v) is 6.01. The fraction of sp³-hybridized carbons (Fsp3) is 0.964. The number of likely N-dealkylation sites (N-methyl/N-ethyl adjacent to an activating group) is 1. The van der Waals surface area contributed by atoms with Gasteiger partial charge >= 0.3 is 5.97 Å². The van der Waals surface area contributed by atoms with Crippen molar-refractivity contribution >= 4 is 5.97 Å². The molecule has 0 aromatic rings. The average molecular weight is 549 g/mol. The molecule has 1 rings (SSSR count). The number of nitrogens with zero attached hydrogens (tertiary/aromatic N) is 1. The third kappa shape index (κ3) is 10.3. The predicted molar refractivity (Wildman–Crippen MR) is 146 cm³/mol. The zero-order valence-corrected chi connectivity index (χ0v) is 25.0. The minimum atomic E-state index is -1.18. The van der Waals surface area contributed by atoms with Gasteiger partial charge in [-0.25, -0.2) is 0 Å². The summed E-state index contributed by atoms with van der Waals surface area (Å²) in [6.45, 7) is 15.0. The molecule has 0 aromatic carbocycles. The summed E-state index contributed by atoms with van der Waals surface area (Å²) in [5.74, 6) is -2.10. The Balaban J connectivity index is 2.83. The molecule has 0 aliphatic carbocycles. The first-order valence-corrected chi connectivity index (χ1v) is 14.1. The highest BCUT2D eigenvalue weighted by Crippen LogP contribution is 2.33. The molecular formula is C28H56N2O8. The van der Waals surface area contributed by atoms with Crippen LogP contribution in [0.2, 0.25) is 0 Å². The third-order valence-electron chi connectivity index (χ3n) is 8.20. The molecule has 0 bridgehead atoms. The maximum atomic E-state index is 11.9. The molecule has 10 heteroatoms. The topological polar surface area (TPSA) is 166 Å². The van der Waals surface area contributed by atoms with Crippen LogP contribution in [0.25, 0.3) is 0 Å². The second-order valence-corrected chi connectivity index (χ2v) is 12.6. The second kappa shape index (κ2) is 14.7. The predicted octanol–water partition coefficient (Wildman–Crippen LogP) is 1.95. The Morgan fingerprint density at radius 1 is 1.18 bits per heavy atom. The summed E-state index contributed by atoms with van der Waals surface area (Å²) in [6, 6.07) is -0.813. The van der Waals surface area contributed by atoms with Gasteiger partial charge in [0, 0.05) is 25.0 Å². The second-order valence-electron chi connectivity index (χ2n) is 12.6. The van der Waals surface area contributed by atoms with Crippen LogP contribution in [0.3, 0.4) is 0 Å². The van der Waals surface area contributed by atoms with E-state index in [4.69, 9.17) is 15.2 Å². The smallest absolute Gasteiger partial charge is 0.308 e. The minimum absolute atomic E-state index is 0.0613. The lowest BCUT2D eigenvalue weighted by Gasteiger charge is -2.41. The first-order chi connectivity index (χ1) is 17.3. The van der Waals surface area contributed by atoms with E-state index in [-0.39, 0.29) is 24.3 Å². The van der Waals surface area contributed by atoms with Crippen molar-refractivity contribution in [2.45, 2.75) is 141 Å². The molecule has 1 aliphatic rings. The van der Waals surface area contributed by atoms with Crippen LogP contribution in [0, 0.1) is 17.8 Å². The lowest BCUT2D eigenvalue weighted by Crippen LogP contribution is -2.53. The molecule has 0 saturated carbocycles. The Morgan fingerprint density at radius 3 is 2.26 bits per heavy atom. The van der Waals surface area contributed by atoms with Crippen molar-refractivity contribution in [1.29, 1.82) is 0 Å². The summed E-state index contributed by atoms with van der Waals surface area (Å²) >= 11 is 0. The molecule has 1 saturated heterocycles. The molecule has 7 N–H and O–H groups in total. The van der Waals surface area contributed by atoms with Crippen molar-refractivity contribution in [3.63, 3.8) is 0 Å². The lowest BCUT2D eigenvalue weighted by atomic mass is 9.80. The van der Waals surface area contributed by atoms with E-state index in [1.807, 2.05) is 39.6 Å². The summed E-state index contributed by atoms with van der Waals surface area (Å²) in [7, 11) is 1.90. The van der Waals surface area contributed by atoms with Crippen molar-refractivity contribution in [2.75, 3.05) is 13.6 Å². The van der Waals surface area contributed by atoms with E-state index < -0.39 is 59.8 Å². The molecule has 0 radical (unpaired) electrons. The summed E-state index contributed by atoms with van der Waals surface area (Å²) in [5, 5.41) is 52.4. The normalized spacial score (nSPS) is 30.5. The van der Waals surface area contributed by atoms with Gasteiger partial charge in [0.25, 0.3) is 0 Å². The molecule has 226 valence electrons. The molecule has 0 amide bonds. The van der Waals surface area contributed by atoms with E-state index in [1.54, 1.807) is 27.7 Å². The van der Waals surface area contributed by atoms with Crippen molar-refractivity contribution < 1.29 is 39.8 Å². The quantitative estimate of drug-likeness (QED) is 0.168. The van der Waals surface area contributed by atoms with Crippen LogP contribution < -0.4 is 5.73 Å².